The number of fused-ring (bicyclic) bond motifs is 7. The number of ether oxygens (including phenoxy) is 1. The van der Waals surface area contributed by atoms with Crippen LogP contribution in [0.3, 0.4) is 0 Å². The van der Waals surface area contributed by atoms with Gasteiger partial charge in [-0.25, -0.2) is 0 Å². The number of imide groups is 1. The Kier molecular flexibility index (Phi) is 4.29. The summed E-state index contributed by atoms with van der Waals surface area (Å²) >= 11 is 0. The highest BCUT2D eigenvalue weighted by atomic mass is 35.5. The molecule has 7 nitrogen and oxygen atoms in total. The third kappa shape index (κ3) is 2.43. The Bertz CT molecular complexity index is 573. The van der Waals surface area contributed by atoms with Crippen LogP contribution >= 0.6 is 12.4 Å². The summed E-state index contributed by atoms with van der Waals surface area (Å²) in [5.41, 5.74) is 0. The number of amides is 3. The van der Waals surface area contributed by atoms with E-state index in [0.717, 1.165) is 45.2 Å². The van der Waals surface area contributed by atoms with Crippen LogP contribution in [0.25, 0.3) is 0 Å². The lowest BCUT2D eigenvalue weighted by atomic mass is 9.81. The van der Waals surface area contributed by atoms with E-state index in [0.29, 0.717) is 0 Å². The summed E-state index contributed by atoms with van der Waals surface area (Å²) in [5, 5.41) is 3.37. The zero-order valence-corrected chi connectivity index (χ0v) is 14.9. The smallest absolute Gasteiger partial charge is 0.243 e. The molecule has 0 aromatic rings. The van der Waals surface area contributed by atoms with Crippen LogP contribution in [0.5, 0.6) is 0 Å². The normalized spacial score (nSPS) is 41.8. The second kappa shape index (κ2) is 6.21. The van der Waals surface area contributed by atoms with Gasteiger partial charge in [0.25, 0.3) is 0 Å². The van der Waals surface area contributed by atoms with Gasteiger partial charge in [-0.3, -0.25) is 19.3 Å². The molecule has 6 unspecified atom stereocenters. The van der Waals surface area contributed by atoms with Gasteiger partial charge in [-0.2, -0.15) is 0 Å². The molecule has 0 aliphatic carbocycles. The van der Waals surface area contributed by atoms with Crippen LogP contribution in [0.15, 0.2) is 0 Å². The second-order valence-electron chi connectivity index (χ2n) is 7.78. The molecule has 5 fully saturated rings. The van der Waals surface area contributed by atoms with Crippen LogP contribution < -0.4 is 5.32 Å². The molecule has 3 amide bonds. The van der Waals surface area contributed by atoms with Crippen LogP contribution in [-0.2, 0) is 19.1 Å². The first kappa shape index (κ1) is 17.2. The monoisotopic (exact) mass is 369 g/mol. The van der Waals surface area contributed by atoms with E-state index in [9.17, 15) is 14.4 Å². The van der Waals surface area contributed by atoms with Crippen LogP contribution in [0.4, 0.5) is 0 Å². The van der Waals surface area contributed by atoms with E-state index in [4.69, 9.17) is 4.74 Å². The van der Waals surface area contributed by atoms with Crippen molar-refractivity contribution in [1.82, 2.24) is 15.1 Å². The van der Waals surface area contributed by atoms with E-state index in [2.05, 4.69) is 5.32 Å². The number of carbonyl (C=O) groups excluding carboxylic acids is 3. The SMILES string of the molecule is Cl.O=C1C2C3CCC(O3)C2C(=O)N1CC(=O)N1C2CCNCC1CC2. The van der Waals surface area contributed by atoms with Gasteiger partial charge in [-0.1, -0.05) is 0 Å². The number of carbonyl (C=O) groups is 3. The molecule has 0 spiro atoms. The standard InChI is InChI=1S/C17H23N3O4.ClH/c21-13(20-9-1-2-10(20)7-18-6-5-9)8-19-16(22)14-11-3-4-12(24-11)15(14)17(19)23;/h9-12,14-15,18H,1-8H2;1H. The minimum absolute atomic E-state index is 0. The number of nitrogens with one attached hydrogen (secondary N) is 1. The number of nitrogens with zero attached hydrogens (tertiary/aromatic N) is 2. The lowest BCUT2D eigenvalue weighted by molar-refractivity contribution is -0.149. The molecule has 5 aliphatic heterocycles. The maximum Gasteiger partial charge on any atom is 0.243 e. The van der Waals surface area contributed by atoms with Crippen molar-refractivity contribution in [2.75, 3.05) is 19.6 Å². The Morgan fingerprint density at radius 2 is 1.64 bits per heavy atom. The molecule has 0 aromatic carbocycles. The quantitative estimate of drug-likeness (QED) is 0.689. The molecule has 5 rings (SSSR count). The molecule has 0 saturated carbocycles. The first-order chi connectivity index (χ1) is 11.6. The van der Waals surface area contributed by atoms with Crippen molar-refractivity contribution in [2.24, 2.45) is 11.8 Å². The van der Waals surface area contributed by atoms with Gasteiger partial charge >= 0.3 is 0 Å². The second-order valence-corrected chi connectivity index (χ2v) is 7.78. The highest BCUT2D eigenvalue weighted by Gasteiger charge is 2.62. The van der Waals surface area contributed by atoms with Crippen molar-refractivity contribution < 1.29 is 19.1 Å². The van der Waals surface area contributed by atoms with E-state index in [-0.39, 0.29) is 72.8 Å². The van der Waals surface area contributed by atoms with Crippen LogP contribution in [0.1, 0.15) is 32.1 Å². The maximum atomic E-state index is 12.9. The number of halogens is 1. The summed E-state index contributed by atoms with van der Waals surface area (Å²) in [6.07, 6.45) is 4.47. The molecule has 1 N–H and O–H groups in total. The van der Waals surface area contributed by atoms with Gasteiger partial charge in [0.1, 0.15) is 6.54 Å². The fourth-order valence-electron chi connectivity index (χ4n) is 5.54. The predicted molar refractivity (Wildman–Crippen MR) is 90.0 cm³/mol. The Morgan fingerprint density at radius 1 is 1.00 bits per heavy atom. The van der Waals surface area contributed by atoms with Gasteiger partial charge < -0.3 is 15.0 Å². The maximum absolute atomic E-state index is 12.9. The predicted octanol–water partition coefficient (Wildman–Crippen LogP) is -0.0765. The zero-order chi connectivity index (χ0) is 16.4. The average Bonchev–Trinajstić information content (AvgIpc) is 3.26. The lowest BCUT2D eigenvalue weighted by Gasteiger charge is -2.29. The molecule has 0 radical (unpaired) electrons. The summed E-state index contributed by atoms with van der Waals surface area (Å²) in [7, 11) is 0. The molecule has 4 bridgehead atoms. The average molecular weight is 370 g/mol. The summed E-state index contributed by atoms with van der Waals surface area (Å²) in [6.45, 7) is 1.65. The highest BCUT2D eigenvalue weighted by Crippen LogP contribution is 2.48. The Labute approximate surface area is 152 Å². The number of hydrogen-bond donors (Lipinski definition) is 1. The lowest BCUT2D eigenvalue weighted by Crippen LogP contribution is -2.49. The van der Waals surface area contributed by atoms with Crippen molar-refractivity contribution in [3.63, 3.8) is 0 Å². The van der Waals surface area contributed by atoms with Gasteiger partial charge in [0.15, 0.2) is 0 Å². The van der Waals surface area contributed by atoms with E-state index >= 15 is 0 Å². The van der Waals surface area contributed by atoms with Gasteiger partial charge in [-0.05, 0) is 38.6 Å². The minimum Gasteiger partial charge on any atom is -0.373 e. The zero-order valence-electron chi connectivity index (χ0n) is 14.1. The molecule has 5 saturated heterocycles. The third-order valence-electron chi connectivity index (χ3n) is 6.61. The van der Waals surface area contributed by atoms with E-state index in [1.165, 1.54) is 4.90 Å². The number of rotatable bonds is 2. The van der Waals surface area contributed by atoms with Crippen molar-refractivity contribution in [3.8, 4) is 0 Å². The van der Waals surface area contributed by atoms with Gasteiger partial charge in [0.2, 0.25) is 17.7 Å². The number of hydrogen-bond acceptors (Lipinski definition) is 5. The fourth-order valence-corrected chi connectivity index (χ4v) is 5.54. The first-order valence-electron chi connectivity index (χ1n) is 9.17. The Balaban J connectivity index is 0.00000157. The van der Waals surface area contributed by atoms with E-state index < -0.39 is 0 Å². The van der Waals surface area contributed by atoms with Gasteiger partial charge in [-0.15, -0.1) is 12.4 Å². The third-order valence-corrected chi connectivity index (χ3v) is 6.61. The van der Waals surface area contributed by atoms with Gasteiger partial charge in [0.05, 0.1) is 24.0 Å². The molecule has 6 atom stereocenters. The summed E-state index contributed by atoms with van der Waals surface area (Å²) in [6, 6.07) is 0.459. The van der Waals surface area contributed by atoms with Crippen molar-refractivity contribution in [2.45, 2.75) is 56.4 Å². The van der Waals surface area contributed by atoms with Crippen molar-refractivity contribution in [1.29, 1.82) is 0 Å². The molecule has 138 valence electrons. The topological polar surface area (TPSA) is 79.0 Å². The van der Waals surface area contributed by atoms with E-state index in [1.54, 1.807) is 0 Å². The molecular formula is C17H24ClN3O4. The Hall–Kier alpha value is -1.18. The van der Waals surface area contributed by atoms with Crippen molar-refractivity contribution in [3.05, 3.63) is 0 Å². The Morgan fingerprint density at radius 3 is 2.32 bits per heavy atom. The first-order valence-corrected chi connectivity index (χ1v) is 9.17. The van der Waals surface area contributed by atoms with Crippen LogP contribution in [-0.4, -0.2) is 71.4 Å². The van der Waals surface area contributed by atoms with E-state index in [1.807, 2.05) is 4.90 Å². The summed E-state index contributed by atoms with van der Waals surface area (Å²) in [5.74, 6) is -1.13. The van der Waals surface area contributed by atoms with Crippen LogP contribution in [0.2, 0.25) is 0 Å². The van der Waals surface area contributed by atoms with Crippen molar-refractivity contribution >= 4 is 30.1 Å². The molecule has 0 aromatic heterocycles. The molecule has 5 aliphatic rings. The molecule has 8 heteroatoms. The van der Waals surface area contributed by atoms with Crippen LogP contribution in [0, 0.1) is 11.8 Å². The molecule has 5 heterocycles. The summed E-state index contributed by atoms with van der Waals surface area (Å²) in [4.78, 5) is 41.4. The fraction of sp³-hybridized carbons (Fsp3) is 0.824. The summed E-state index contributed by atoms with van der Waals surface area (Å²) < 4.78 is 5.74. The molecular weight excluding hydrogens is 346 g/mol. The largest absolute Gasteiger partial charge is 0.373 e. The minimum atomic E-state index is -0.341. The number of likely N-dealkylation sites (tertiary alicyclic amines) is 1. The highest BCUT2D eigenvalue weighted by molar-refractivity contribution is 6.08. The molecule has 25 heavy (non-hydrogen) atoms. The van der Waals surface area contributed by atoms with Gasteiger partial charge in [0, 0.05) is 18.6 Å².